The molecule has 0 unspecified atom stereocenters. The van der Waals surface area contributed by atoms with Gasteiger partial charge in [-0.15, -0.1) is 0 Å². The van der Waals surface area contributed by atoms with E-state index in [4.69, 9.17) is 14.2 Å². The minimum atomic E-state index is -0.490. The van der Waals surface area contributed by atoms with E-state index < -0.39 is 11.9 Å². The van der Waals surface area contributed by atoms with Gasteiger partial charge in [-0.05, 0) is 69.4 Å². The summed E-state index contributed by atoms with van der Waals surface area (Å²) in [6.45, 7) is 12.5. The predicted molar refractivity (Wildman–Crippen MR) is 123 cm³/mol. The maximum atomic E-state index is 12.0. The quantitative estimate of drug-likeness (QED) is 0.288. The Morgan fingerprint density at radius 1 is 1.00 bits per heavy atom. The zero-order valence-electron chi connectivity index (χ0n) is 20.4. The highest BCUT2D eigenvalue weighted by molar-refractivity contribution is 5.76. The van der Waals surface area contributed by atoms with E-state index in [1.165, 1.54) is 26.3 Å². The molecule has 0 N–H and O–H groups in total. The molecule has 0 amide bonds. The minimum Gasteiger partial charge on any atom is -0.465 e. The molecule has 3 atom stereocenters. The van der Waals surface area contributed by atoms with Crippen molar-refractivity contribution in [3.63, 3.8) is 0 Å². The molecule has 0 spiro atoms. The second kappa shape index (κ2) is 11.3. The molecule has 6 heteroatoms. The maximum Gasteiger partial charge on any atom is 0.308 e. The first kappa shape index (κ1) is 25.6. The first-order chi connectivity index (χ1) is 15.0. The highest BCUT2D eigenvalue weighted by Gasteiger charge is 2.36. The van der Waals surface area contributed by atoms with Crippen molar-refractivity contribution in [1.29, 1.82) is 0 Å². The van der Waals surface area contributed by atoms with Gasteiger partial charge in [-0.2, -0.15) is 0 Å². The van der Waals surface area contributed by atoms with E-state index in [1.54, 1.807) is 0 Å². The molecule has 2 rings (SSSR count). The summed E-state index contributed by atoms with van der Waals surface area (Å²) >= 11 is 0. The Morgan fingerprint density at radius 2 is 1.62 bits per heavy atom. The Kier molecular flexibility index (Phi) is 9.05. The van der Waals surface area contributed by atoms with Gasteiger partial charge in [0, 0.05) is 32.3 Å². The van der Waals surface area contributed by atoms with Crippen LogP contribution < -0.4 is 9.47 Å². The van der Waals surface area contributed by atoms with Gasteiger partial charge in [-0.1, -0.05) is 24.6 Å². The van der Waals surface area contributed by atoms with Gasteiger partial charge in [0.05, 0.1) is 6.61 Å². The smallest absolute Gasteiger partial charge is 0.308 e. The zero-order chi connectivity index (χ0) is 24.0. The summed E-state index contributed by atoms with van der Waals surface area (Å²) in [5.41, 5.74) is 3.95. The lowest BCUT2D eigenvalue weighted by molar-refractivity contribution is -0.141. The van der Waals surface area contributed by atoms with E-state index in [0.29, 0.717) is 5.92 Å². The van der Waals surface area contributed by atoms with Crippen LogP contribution >= 0.6 is 0 Å². The molecule has 0 fully saturated rings. The van der Waals surface area contributed by atoms with E-state index >= 15 is 0 Å². The van der Waals surface area contributed by atoms with Crippen molar-refractivity contribution in [2.24, 2.45) is 5.92 Å². The lowest BCUT2D eigenvalue weighted by atomic mass is 9.70. The van der Waals surface area contributed by atoms with Crippen LogP contribution in [-0.4, -0.2) is 24.5 Å². The molecule has 0 saturated heterocycles. The number of allylic oxidation sites excluding steroid dienone is 2. The highest BCUT2D eigenvalue weighted by Crippen LogP contribution is 2.51. The molecule has 0 aromatic heterocycles. The number of carbonyl (C=O) groups is 3. The summed E-state index contributed by atoms with van der Waals surface area (Å²) in [6.07, 6.45) is 6.03. The van der Waals surface area contributed by atoms with Gasteiger partial charge in [0.25, 0.3) is 0 Å². The van der Waals surface area contributed by atoms with Gasteiger partial charge < -0.3 is 14.2 Å². The molecule has 0 radical (unpaired) electrons. The summed E-state index contributed by atoms with van der Waals surface area (Å²) in [5.74, 6) is -0.258. The van der Waals surface area contributed by atoms with Gasteiger partial charge in [-0.25, -0.2) is 0 Å². The first-order valence-electron chi connectivity index (χ1n) is 11.3. The Bertz CT molecular complexity index is 894. The average Bonchev–Trinajstić information content (AvgIpc) is 2.67. The third-order valence-electron chi connectivity index (χ3n) is 5.97. The molecule has 1 aromatic carbocycles. The SMILES string of the molecule is CC(=O)OC[C@@H]1CC[C@@H]([C@@H](C)CCC=C(C)C)c2cc(C)c(OC(C)=O)c(OC(C)=O)c21. The summed E-state index contributed by atoms with van der Waals surface area (Å²) in [7, 11) is 0. The summed E-state index contributed by atoms with van der Waals surface area (Å²) in [6, 6.07) is 2.04. The molecule has 1 aliphatic rings. The number of carbonyl (C=O) groups excluding carboxylic acids is 3. The van der Waals surface area contributed by atoms with Gasteiger partial charge in [0.1, 0.15) is 0 Å². The summed E-state index contributed by atoms with van der Waals surface area (Å²) in [5, 5.41) is 0. The van der Waals surface area contributed by atoms with E-state index in [1.807, 2.05) is 13.0 Å². The van der Waals surface area contributed by atoms with Crippen molar-refractivity contribution in [1.82, 2.24) is 0 Å². The number of benzene rings is 1. The van der Waals surface area contributed by atoms with Crippen molar-refractivity contribution in [3.8, 4) is 11.5 Å². The van der Waals surface area contributed by atoms with Crippen molar-refractivity contribution in [2.75, 3.05) is 6.61 Å². The predicted octanol–water partition coefficient (Wildman–Crippen LogP) is 5.75. The van der Waals surface area contributed by atoms with Crippen molar-refractivity contribution < 1.29 is 28.6 Å². The first-order valence-corrected chi connectivity index (χ1v) is 11.3. The number of ether oxygens (including phenoxy) is 3. The molecule has 176 valence electrons. The molecule has 1 aromatic rings. The van der Waals surface area contributed by atoms with Crippen molar-refractivity contribution in [3.05, 3.63) is 34.4 Å². The van der Waals surface area contributed by atoms with Crippen LogP contribution in [0.2, 0.25) is 0 Å². The van der Waals surface area contributed by atoms with Gasteiger partial charge >= 0.3 is 17.9 Å². The molecule has 0 saturated carbocycles. The average molecular weight is 445 g/mol. The lowest BCUT2D eigenvalue weighted by Gasteiger charge is -2.36. The number of aryl methyl sites for hydroxylation is 1. The number of fused-ring (bicyclic) bond motifs is 1. The van der Waals surface area contributed by atoms with E-state index in [0.717, 1.165) is 42.4 Å². The lowest BCUT2D eigenvalue weighted by Crippen LogP contribution is -2.25. The van der Waals surface area contributed by atoms with Gasteiger partial charge in [-0.3, -0.25) is 14.4 Å². The monoisotopic (exact) mass is 444 g/mol. The fourth-order valence-electron chi connectivity index (χ4n) is 4.54. The topological polar surface area (TPSA) is 78.9 Å². The van der Waals surface area contributed by atoms with Crippen LogP contribution in [0.3, 0.4) is 0 Å². The molecule has 0 heterocycles. The number of hydrogen-bond donors (Lipinski definition) is 0. The molecular weight excluding hydrogens is 408 g/mol. The van der Waals surface area contributed by atoms with Gasteiger partial charge in [0.15, 0.2) is 11.5 Å². The van der Waals surface area contributed by atoms with Crippen molar-refractivity contribution in [2.45, 2.75) is 86.0 Å². The molecular formula is C26H36O6. The second-order valence-corrected chi connectivity index (χ2v) is 9.06. The Hall–Kier alpha value is -2.63. The normalized spacial score (nSPS) is 18.2. The Labute approximate surface area is 191 Å². The fraction of sp³-hybridized carbons (Fsp3) is 0.577. The second-order valence-electron chi connectivity index (χ2n) is 9.06. The Balaban J connectivity index is 2.59. The molecule has 32 heavy (non-hydrogen) atoms. The third kappa shape index (κ3) is 6.68. The van der Waals surface area contributed by atoms with E-state index in [-0.39, 0.29) is 35.9 Å². The van der Waals surface area contributed by atoms with Crippen LogP contribution in [0.5, 0.6) is 11.5 Å². The number of rotatable bonds is 8. The molecule has 1 aliphatic carbocycles. The molecule has 0 bridgehead atoms. The minimum absolute atomic E-state index is 0.139. The Morgan fingerprint density at radius 3 is 2.19 bits per heavy atom. The van der Waals surface area contributed by atoms with Crippen LogP contribution in [0.15, 0.2) is 17.7 Å². The van der Waals surface area contributed by atoms with Crippen LogP contribution in [0, 0.1) is 12.8 Å². The fourth-order valence-corrected chi connectivity index (χ4v) is 4.54. The van der Waals surface area contributed by atoms with Crippen molar-refractivity contribution >= 4 is 17.9 Å². The summed E-state index contributed by atoms with van der Waals surface area (Å²) < 4.78 is 16.5. The van der Waals surface area contributed by atoms with E-state index in [2.05, 4.69) is 26.8 Å². The number of hydrogen-bond acceptors (Lipinski definition) is 6. The summed E-state index contributed by atoms with van der Waals surface area (Å²) in [4.78, 5) is 35.3. The number of esters is 3. The third-order valence-corrected chi connectivity index (χ3v) is 5.97. The maximum absolute atomic E-state index is 12.0. The van der Waals surface area contributed by atoms with Crippen LogP contribution in [-0.2, 0) is 19.1 Å². The zero-order valence-corrected chi connectivity index (χ0v) is 20.4. The van der Waals surface area contributed by atoms with Crippen LogP contribution in [0.1, 0.15) is 95.8 Å². The van der Waals surface area contributed by atoms with Gasteiger partial charge in [0.2, 0.25) is 0 Å². The standard InChI is InChI=1S/C26H36O6/c1-15(2)9-8-10-16(3)22-12-11-21(14-30-18(5)27)24-23(22)13-17(4)25(31-19(6)28)26(24)32-20(7)29/h9,13,16,21-22H,8,10-12,14H2,1-7H3/t16-,21-,22-/m0/s1. The van der Waals surface area contributed by atoms with Crippen LogP contribution in [0.4, 0.5) is 0 Å². The van der Waals surface area contributed by atoms with Crippen LogP contribution in [0.25, 0.3) is 0 Å². The highest BCUT2D eigenvalue weighted by atomic mass is 16.6. The largest absolute Gasteiger partial charge is 0.465 e. The van der Waals surface area contributed by atoms with E-state index in [9.17, 15) is 14.4 Å². The molecule has 6 nitrogen and oxygen atoms in total. The molecule has 0 aliphatic heterocycles.